The highest BCUT2D eigenvalue weighted by Crippen LogP contribution is 2.22. The number of ether oxygens (including phenoxy) is 1. The Bertz CT molecular complexity index is 533. The Morgan fingerprint density at radius 2 is 2.45 bits per heavy atom. The fourth-order valence-corrected chi connectivity index (χ4v) is 2.45. The number of hydrogen-bond acceptors (Lipinski definition) is 4. The maximum Gasteiger partial charge on any atom is 0.252 e. The van der Waals surface area contributed by atoms with Crippen molar-refractivity contribution < 1.29 is 14.6 Å². The van der Waals surface area contributed by atoms with Crippen molar-refractivity contribution in [1.82, 2.24) is 10.3 Å². The molecule has 5 nitrogen and oxygen atoms in total. The van der Waals surface area contributed by atoms with E-state index in [0.717, 1.165) is 19.3 Å². The maximum absolute atomic E-state index is 12.3. The van der Waals surface area contributed by atoms with Crippen molar-refractivity contribution in [2.75, 3.05) is 13.7 Å². The molecule has 0 aliphatic heterocycles. The van der Waals surface area contributed by atoms with Crippen LogP contribution in [0.3, 0.4) is 0 Å². The summed E-state index contributed by atoms with van der Waals surface area (Å²) in [6, 6.07) is 1.67. The van der Waals surface area contributed by atoms with Crippen LogP contribution in [0.4, 0.5) is 0 Å². The molecular formula is C15H18N2O3. The van der Waals surface area contributed by atoms with Crippen LogP contribution in [0.15, 0.2) is 18.5 Å². The lowest BCUT2D eigenvalue weighted by Gasteiger charge is -2.19. The van der Waals surface area contributed by atoms with Crippen molar-refractivity contribution in [1.29, 1.82) is 0 Å². The van der Waals surface area contributed by atoms with E-state index in [1.807, 2.05) is 0 Å². The van der Waals surface area contributed by atoms with Gasteiger partial charge in [-0.25, -0.2) is 0 Å². The molecule has 0 saturated heterocycles. The van der Waals surface area contributed by atoms with Gasteiger partial charge < -0.3 is 15.2 Å². The zero-order valence-corrected chi connectivity index (χ0v) is 11.4. The van der Waals surface area contributed by atoms with Gasteiger partial charge in [-0.2, -0.15) is 0 Å². The number of carbonyl (C=O) groups is 1. The molecule has 2 atom stereocenters. The molecule has 1 saturated carbocycles. The molecule has 20 heavy (non-hydrogen) atoms. The molecule has 106 valence electrons. The van der Waals surface area contributed by atoms with Crippen LogP contribution in [-0.4, -0.2) is 41.9 Å². The first kappa shape index (κ1) is 14.5. The maximum atomic E-state index is 12.3. The highest BCUT2D eigenvalue weighted by molar-refractivity contribution is 5.96. The van der Waals surface area contributed by atoms with Crippen LogP contribution in [0.2, 0.25) is 0 Å². The van der Waals surface area contributed by atoms with E-state index < -0.39 is 0 Å². The fraction of sp³-hybridized carbons (Fsp3) is 0.467. The van der Waals surface area contributed by atoms with E-state index in [0.29, 0.717) is 11.1 Å². The van der Waals surface area contributed by atoms with E-state index >= 15 is 0 Å². The van der Waals surface area contributed by atoms with Crippen LogP contribution < -0.4 is 5.32 Å². The Kier molecular flexibility index (Phi) is 5.10. The SMILES string of the molecule is COC1CCCC1NC(=O)c1ccncc1C#CCO. The topological polar surface area (TPSA) is 71.5 Å². The van der Waals surface area contributed by atoms with Crippen LogP contribution in [0, 0.1) is 11.8 Å². The molecule has 1 heterocycles. The Labute approximate surface area is 118 Å². The van der Waals surface area contributed by atoms with E-state index in [9.17, 15) is 4.79 Å². The lowest BCUT2D eigenvalue weighted by molar-refractivity contribution is 0.0722. The number of nitrogens with one attached hydrogen (secondary N) is 1. The minimum Gasteiger partial charge on any atom is -0.384 e. The number of aliphatic hydroxyl groups is 1. The summed E-state index contributed by atoms with van der Waals surface area (Å²) < 4.78 is 5.37. The Balaban J connectivity index is 2.13. The predicted octanol–water partition coefficient (Wildman–Crippen LogP) is 0.723. The summed E-state index contributed by atoms with van der Waals surface area (Å²) in [4.78, 5) is 16.3. The molecule has 0 aromatic carbocycles. The number of pyridine rings is 1. The minimum absolute atomic E-state index is 0.0410. The van der Waals surface area contributed by atoms with E-state index in [1.165, 1.54) is 6.20 Å². The molecule has 1 amide bonds. The highest BCUT2D eigenvalue weighted by Gasteiger charge is 2.29. The third kappa shape index (κ3) is 3.35. The van der Waals surface area contributed by atoms with Crippen LogP contribution in [-0.2, 0) is 4.74 Å². The van der Waals surface area contributed by atoms with Crippen LogP contribution in [0.1, 0.15) is 35.2 Å². The Morgan fingerprint density at radius 1 is 1.60 bits per heavy atom. The van der Waals surface area contributed by atoms with Gasteiger partial charge in [-0.15, -0.1) is 0 Å². The minimum atomic E-state index is -0.246. The molecule has 0 radical (unpaired) electrons. The molecule has 1 fully saturated rings. The fourth-order valence-electron chi connectivity index (χ4n) is 2.45. The van der Waals surface area contributed by atoms with Crippen LogP contribution >= 0.6 is 0 Å². The second kappa shape index (κ2) is 7.04. The van der Waals surface area contributed by atoms with Gasteiger partial charge >= 0.3 is 0 Å². The second-order valence-electron chi connectivity index (χ2n) is 4.67. The van der Waals surface area contributed by atoms with E-state index in [1.54, 1.807) is 19.4 Å². The van der Waals surface area contributed by atoms with Gasteiger partial charge in [0.1, 0.15) is 6.61 Å². The first-order valence-corrected chi connectivity index (χ1v) is 6.63. The van der Waals surface area contributed by atoms with E-state index in [-0.39, 0.29) is 24.7 Å². The van der Waals surface area contributed by atoms with Gasteiger partial charge in [-0.05, 0) is 25.3 Å². The van der Waals surface area contributed by atoms with Gasteiger partial charge in [0.15, 0.2) is 0 Å². The van der Waals surface area contributed by atoms with Gasteiger partial charge in [-0.1, -0.05) is 11.8 Å². The lowest BCUT2D eigenvalue weighted by atomic mass is 10.1. The average Bonchev–Trinajstić information content (AvgIpc) is 2.92. The van der Waals surface area contributed by atoms with Gasteiger partial charge in [0.05, 0.1) is 23.3 Å². The molecule has 0 spiro atoms. The summed E-state index contributed by atoms with van der Waals surface area (Å²) in [5, 5.41) is 11.7. The van der Waals surface area contributed by atoms with Crippen molar-refractivity contribution in [2.24, 2.45) is 0 Å². The molecule has 2 rings (SSSR count). The molecule has 0 bridgehead atoms. The third-order valence-electron chi connectivity index (χ3n) is 3.44. The molecule has 1 aliphatic carbocycles. The monoisotopic (exact) mass is 274 g/mol. The summed E-state index contributed by atoms with van der Waals surface area (Å²) >= 11 is 0. The summed E-state index contributed by atoms with van der Waals surface area (Å²) in [5.74, 6) is 5.10. The number of nitrogens with zero attached hydrogens (tertiary/aromatic N) is 1. The Hall–Kier alpha value is -1.90. The van der Waals surface area contributed by atoms with Crippen molar-refractivity contribution in [2.45, 2.75) is 31.4 Å². The highest BCUT2D eigenvalue weighted by atomic mass is 16.5. The summed E-state index contributed by atoms with van der Waals surface area (Å²) in [7, 11) is 1.67. The Morgan fingerprint density at radius 3 is 3.20 bits per heavy atom. The van der Waals surface area contributed by atoms with E-state index in [4.69, 9.17) is 9.84 Å². The van der Waals surface area contributed by atoms with Crippen LogP contribution in [0.25, 0.3) is 0 Å². The quantitative estimate of drug-likeness (QED) is 0.797. The number of hydrogen-bond donors (Lipinski definition) is 2. The molecule has 1 aromatic rings. The predicted molar refractivity (Wildman–Crippen MR) is 74.1 cm³/mol. The normalized spacial score (nSPS) is 21.1. The summed E-state index contributed by atoms with van der Waals surface area (Å²) in [6.45, 7) is -0.246. The molecule has 1 aromatic heterocycles. The number of carbonyl (C=O) groups excluding carboxylic acids is 1. The van der Waals surface area contributed by atoms with Gasteiger partial charge in [0.2, 0.25) is 0 Å². The smallest absolute Gasteiger partial charge is 0.252 e. The first-order chi connectivity index (χ1) is 9.76. The first-order valence-electron chi connectivity index (χ1n) is 6.63. The molecule has 2 unspecified atom stereocenters. The van der Waals surface area contributed by atoms with Gasteiger partial charge in [-0.3, -0.25) is 9.78 Å². The van der Waals surface area contributed by atoms with Crippen molar-refractivity contribution >= 4 is 5.91 Å². The lowest BCUT2D eigenvalue weighted by Crippen LogP contribution is -2.41. The second-order valence-corrected chi connectivity index (χ2v) is 4.67. The standard InChI is InChI=1S/C15H18N2O3/c1-20-14-6-2-5-13(14)17-15(19)12-7-8-16-10-11(12)4-3-9-18/h7-8,10,13-14,18H,2,5-6,9H2,1H3,(H,17,19). The molecule has 1 aliphatic rings. The molecular weight excluding hydrogens is 256 g/mol. The number of rotatable bonds is 3. The van der Waals surface area contributed by atoms with Crippen molar-refractivity contribution in [3.63, 3.8) is 0 Å². The number of aromatic nitrogens is 1. The molecule has 2 N–H and O–H groups in total. The van der Waals surface area contributed by atoms with Gasteiger partial charge in [0.25, 0.3) is 5.91 Å². The zero-order valence-electron chi connectivity index (χ0n) is 11.4. The van der Waals surface area contributed by atoms with Crippen molar-refractivity contribution in [3.05, 3.63) is 29.6 Å². The number of methoxy groups -OCH3 is 1. The molecule has 5 heteroatoms. The van der Waals surface area contributed by atoms with Crippen molar-refractivity contribution in [3.8, 4) is 11.8 Å². The zero-order chi connectivity index (χ0) is 14.4. The van der Waals surface area contributed by atoms with Gasteiger partial charge in [0, 0.05) is 19.5 Å². The summed E-state index contributed by atoms with van der Waals surface area (Å²) in [6.07, 6.45) is 6.10. The third-order valence-corrected chi connectivity index (χ3v) is 3.44. The summed E-state index contributed by atoms with van der Waals surface area (Å²) in [5.41, 5.74) is 0.994. The number of aliphatic hydroxyl groups excluding tert-OH is 1. The average molecular weight is 274 g/mol. The van der Waals surface area contributed by atoms with Crippen LogP contribution in [0.5, 0.6) is 0 Å². The number of amides is 1. The van der Waals surface area contributed by atoms with E-state index in [2.05, 4.69) is 22.1 Å². The largest absolute Gasteiger partial charge is 0.384 e.